The van der Waals surface area contributed by atoms with Gasteiger partial charge in [0.15, 0.2) is 0 Å². The number of nitrogens with zero attached hydrogens (tertiary/aromatic N) is 4. The maximum atomic E-state index is 8.07. The molecule has 0 bridgehead atoms. The zero-order chi connectivity index (χ0) is 9.94. The third-order valence-electron chi connectivity index (χ3n) is 2.07. The van der Waals surface area contributed by atoms with E-state index >= 15 is 0 Å². The van der Waals surface area contributed by atoms with Crippen LogP contribution in [0.25, 0.3) is 10.4 Å². The number of hydrogen-bond acceptors (Lipinski definition) is 2. The summed E-state index contributed by atoms with van der Waals surface area (Å²) in [5.74, 6) is 0. The lowest BCUT2D eigenvalue weighted by Crippen LogP contribution is -2.26. The van der Waals surface area contributed by atoms with Gasteiger partial charge in [-0.3, -0.25) is 0 Å². The molecule has 0 aliphatic carbocycles. The van der Waals surface area contributed by atoms with Crippen LogP contribution in [0.3, 0.4) is 0 Å². The highest BCUT2D eigenvalue weighted by atomic mass is 15.1. The van der Waals surface area contributed by atoms with Crippen molar-refractivity contribution in [2.24, 2.45) is 5.11 Å². The molecule has 0 radical (unpaired) electrons. The second kappa shape index (κ2) is 9.36. The highest BCUT2D eigenvalue weighted by molar-refractivity contribution is 4.57. The summed E-state index contributed by atoms with van der Waals surface area (Å²) in [6, 6.07) is 0. The summed E-state index contributed by atoms with van der Waals surface area (Å²) in [5.41, 5.74) is 8.07. The van der Waals surface area contributed by atoms with Gasteiger partial charge in [0.05, 0.1) is 0 Å². The second-order valence-electron chi connectivity index (χ2n) is 3.10. The molecule has 0 amide bonds. The van der Waals surface area contributed by atoms with Crippen LogP contribution in [0, 0.1) is 0 Å². The van der Waals surface area contributed by atoms with Gasteiger partial charge in [-0.15, -0.1) is 0 Å². The predicted molar refractivity (Wildman–Crippen MR) is 55.7 cm³/mol. The van der Waals surface area contributed by atoms with E-state index in [0.29, 0.717) is 6.54 Å². The third kappa shape index (κ3) is 7.62. The molecule has 0 aliphatic rings. The summed E-state index contributed by atoms with van der Waals surface area (Å²) in [4.78, 5) is 5.13. The molecule has 0 atom stereocenters. The Hall–Kier alpha value is -0.730. The molecule has 0 fully saturated rings. The van der Waals surface area contributed by atoms with E-state index < -0.39 is 0 Å². The minimum Gasteiger partial charge on any atom is -0.304 e. The van der Waals surface area contributed by atoms with Gasteiger partial charge in [-0.25, -0.2) is 0 Å². The summed E-state index contributed by atoms with van der Waals surface area (Å²) in [5, 5.41) is 3.51. The summed E-state index contributed by atoms with van der Waals surface area (Å²) in [6.07, 6.45) is 3.48. The van der Waals surface area contributed by atoms with E-state index in [1.807, 2.05) is 0 Å². The fourth-order valence-electron chi connectivity index (χ4n) is 1.22. The first-order valence-corrected chi connectivity index (χ1v) is 5.08. The van der Waals surface area contributed by atoms with Gasteiger partial charge >= 0.3 is 0 Å². The normalized spacial score (nSPS) is 10.1. The monoisotopic (exact) mass is 184 g/mol. The minimum absolute atomic E-state index is 0.624. The topological polar surface area (TPSA) is 52.0 Å². The van der Waals surface area contributed by atoms with Crippen molar-refractivity contribution in [3.63, 3.8) is 0 Å². The van der Waals surface area contributed by atoms with E-state index in [-0.39, 0.29) is 0 Å². The lowest BCUT2D eigenvalue weighted by atomic mass is 10.3. The van der Waals surface area contributed by atoms with Crippen LogP contribution >= 0.6 is 0 Å². The Bertz CT molecular complexity index is 152. The van der Waals surface area contributed by atoms with Crippen LogP contribution in [0.1, 0.15) is 33.1 Å². The average Bonchev–Trinajstić information content (AvgIpc) is 2.17. The first-order valence-electron chi connectivity index (χ1n) is 5.08. The standard InChI is InChI=1S/C9H20N4/c1-3-5-8-13(4-2)9-6-7-11-12-10/h3-9H2,1-2H3. The van der Waals surface area contributed by atoms with Crippen molar-refractivity contribution in [1.82, 2.24) is 4.90 Å². The minimum atomic E-state index is 0.624. The number of rotatable bonds is 8. The van der Waals surface area contributed by atoms with Crippen LogP contribution in [0.15, 0.2) is 5.11 Å². The summed E-state index contributed by atoms with van der Waals surface area (Å²) >= 11 is 0. The van der Waals surface area contributed by atoms with Gasteiger partial charge in [0.25, 0.3) is 0 Å². The van der Waals surface area contributed by atoms with Gasteiger partial charge < -0.3 is 4.90 Å². The van der Waals surface area contributed by atoms with Crippen molar-refractivity contribution in [2.75, 3.05) is 26.2 Å². The maximum Gasteiger partial charge on any atom is 0.0270 e. The molecular formula is C9H20N4. The van der Waals surface area contributed by atoms with Crippen LogP contribution < -0.4 is 0 Å². The van der Waals surface area contributed by atoms with E-state index in [2.05, 4.69) is 28.8 Å². The van der Waals surface area contributed by atoms with Crippen molar-refractivity contribution in [3.05, 3.63) is 10.4 Å². The molecule has 0 unspecified atom stereocenters. The van der Waals surface area contributed by atoms with Crippen LogP contribution in [0.2, 0.25) is 0 Å². The summed E-state index contributed by atoms with van der Waals surface area (Å²) in [7, 11) is 0. The molecule has 0 N–H and O–H groups in total. The van der Waals surface area contributed by atoms with Gasteiger partial charge in [-0.2, -0.15) is 0 Å². The Morgan fingerprint density at radius 3 is 2.46 bits per heavy atom. The van der Waals surface area contributed by atoms with Crippen LogP contribution in [-0.2, 0) is 0 Å². The molecule has 0 saturated carbocycles. The van der Waals surface area contributed by atoms with Crippen molar-refractivity contribution in [1.29, 1.82) is 0 Å². The Kier molecular flexibility index (Phi) is 8.83. The molecule has 0 heterocycles. The Morgan fingerprint density at radius 1 is 1.23 bits per heavy atom. The smallest absolute Gasteiger partial charge is 0.0270 e. The molecule has 0 spiro atoms. The quantitative estimate of drug-likeness (QED) is 0.248. The van der Waals surface area contributed by atoms with Crippen LogP contribution in [-0.4, -0.2) is 31.1 Å². The zero-order valence-corrected chi connectivity index (χ0v) is 8.74. The Balaban J connectivity index is 3.41. The van der Waals surface area contributed by atoms with Crippen molar-refractivity contribution < 1.29 is 0 Å². The van der Waals surface area contributed by atoms with Crippen LogP contribution in [0.4, 0.5) is 0 Å². The first kappa shape index (κ1) is 12.3. The fraction of sp³-hybridized carbons (Fsp3) is 1.00. The van der Waals surface area contributed by atoms with E-state index in [1.165, 1.54) is 19.4 Å². The van der Waals surface area contributed by atoms with E-state index in [9.17, 15) is 0 Å². The van der Waals surface area contributed by atoms with Gasteiger partial charge in [0.2, 0.25) is 0 Å². The van der Waals surface area contributed by atoms with Gasteiger partial charge in [0, 0.05) is 11.5 Å². The van der Waals surface area contributed by atoms with Crippen molar-refractivity contribution in [2.45, 2.75) is 33.1 Å². The fourth-order valence-corrected chi connectivity index (χ4v) is 1.22. The van der Waals surface area contributed by atoms with E-state index in [4.69, 9.17) is 5.53 Å². The SMILES string of the molecule is CCCCN(CC)CCCN=[N+]=[N-]. The zero-order valence-electron chi connectivity index (χ0n) is 8.74. The predicted octanol–water partition coefficient (Wildman–Crippen LogP) is 2.81. The summed E-state index contributed by atoms with van der Waals surface area (Å²) in [6.45, 7) is 8.31. The lowest BCUT2D eigenvalue weighted by molar-refractivity contribution is 0.281. The highest BCUT2D eigenvalue weighted by Gasteiger charge is 1.99. The van der Waals surface area contributed by atoms with E-state index in [0.717, 1.165) is 19.5 Å². The molecule has 13 heavy (non-hydrogen) atoms. The van der Waals surface area contributed by atoms with Gasteiger partial charge in [-0.1, -0.05) is 25.4 Å². The Labute approximate surface area is 80.6 Å². The van der Waals surface area contributed by atoms with E-state index in [1.54, 1.807) is 0 Å². The average molecular weight is 184 g/mol. The highest BCUT2D eigenvalue weighted by Crippen LogP contribution is 1.96. The summed E-state index contributed by atoms with van der Waals surface area (Å²) < 4.78 is 0. The molecule has 4 nitrogen and oxygen atoms in total. The molecule has 0 aromatic rings. The number of hydrogen-bond donors (Lipinski definition) is 0. The molecule has 76 valence electrons. The largest absolute Gasteiger partial charge is 0.304 e. The molecule has 0 saturated heterocycles. The van der Waals surface area contributed by atoms with Crippen molar-refractivity contribution in [3.8, 4) is 0 Å². The number of unbranched alkanes of at least 4 members (excludes halogenated alkanes) is 1. The van der Waals surface area contributed by atoms with Crippen molar-refractivity contribution >= 4 is 0 Å². The van der Waals surface area contributed by atoms with Crippen LogP contribution in [0.5, 0.6) is 0 Å². The molecular weight excluding hydrogens is 164 g/mol. The molecule has 0 rings (SSSR count). The molecule has 4 heteroatoms. The number of azide groups is 1. The maximum absolute atomic E-state index is 8.07. The Morgan fingerprint density at radius 2 is 1.92 bits per heavy atom. The first-order chi connectivity index (χ1) is 6.35. The van der Waals surface area contributed by atoms with Gasteiger partial charge in [-0.05, 0) is 38.0 Å². The molecule has 0 aromatic carbocycles. The molecule has 0 aliphatic heterocycles. The molecule has 0 aromatic heterocycles. The lowest BCUT2D eigenvalue weighted by Gasteiger charge is -2.19. The third-order valence-corrected chi connectivity index (χ3v) is 2.07. The second-order valence-corrected chi connectivity index (χ2v) is 3.10. The van der Waals surface area contributed by atoms with Gasteiger partial charge in [0.1, 0.15) is 0 Å².